The molecule has 0 radical (unpaired) electrons. The molecule has 608 valence electrons. The number of fused-ring (bicyclic) bond motifs is 17. The van der Waals surface area contributed by atoms with Crippen LogP contribution in [0.4, 0.5) is 0 Å². The summed E-state index contributed by atoms with van der Waals surface area (Å²) in [4.78, 5) is 0. The molecule has 0 spiro atoms. The zero-order chi connectivity index (χ0) is 104. The van der Waals surface area contributed by atoms with E-state index in [0.29, 0.717) is 55.3 Å². The number of rotatable bonds is 9. The van der Waals surface area contributed by atoms with Gasteiger partial charge in [0.2, 0.25) is 0 Å². The molecule has 0 aliphatic heterocycles. The lowest BCUT2D eigenvalue weighted by molar-refractivity contribution is 0.669. The second-order valence-electron chi connectivity index (χ2n) is 33.1. The summed E-state index contributed by atoms with van der Waals surface area (Å²) in [5.41, 5.74) is 14.4. The monoisotopic (exact) mass is 1680 g/mol. The molecule has 1 nitrogen and oxygen atoms in total. The smallest absolute Gasteiger partial charge is 0.136 e. The predicted octanol–water partition coefficient (Wildman–Crippen LogP) is 37.0. The minimum absolute atomic E-state index is 0.0506. The average molecular weight is 1680 g/mol. The standard InChI is InChI=1S/C50H30O.C46H30.C34H22/c1-3-16-34-31(13-1)15-11-24-39(34)48-40-20-7-8-21-41(40)49(44-29-32-14-2-4-17-35(32)37-18-5-6-19-38(37)44)42-28-27-33(30-45(42)48)36-23-12-26-47-50(36)43-22-9-10-25-46(43)51-47;1-3-21-37-31(13-1)15-11-27-39(37)33-17-9-19-35(29-33)45-41-23-5-7-25-43(41)46(44-26-8-6-24-42(44)45)36-20-10-18-34(30-36)40-28-12-16-32-14-2-4-22-38(32)40;1-3-11-25-21-27(19-17-23(25)9-1)33-29-13-5-7-15-31(29)34(32-16-8-6-14-30(32)33)28-20-18-24-10-2-4-12-26(24)22-28/h1-30H;1-30H;1-22H/i7D,8D,20D,21D;5D,6D,7D,8D,23D,24D,25D,26D;5D,6D,7D,8D,13D,14D,15D,16D. The molecule has 27 rings (SSSR count). The Bertz CT molecular complexity index is 10100. The van der Waals surface area contributed by atoms with Gasteiger partial charge in [-0.25, -0.2) is 0 Å². The van der Waals surface area contributed by atoms with Crippen LogP contribution >= 0.6 is 0 Å². The van der Waals surface area contributed by atoms with Gasteiger partial charge in [0.25, 0.3) is 0 Å². The maximum Gasteiger partial charge on any atom is 0.136 e. The number of hydrogen-bond acceptors (Lipinski definition) is 1. The van der Waals surface area contributed by atoms with Gasteiger partial charge in [0.1, 0.15) is 11.2 Å². The van der Waals surface area contributed by atoms with Gasteiger partial charge >= 0.3 is 0 Å². The first kappa shape index (κ1) is 58.2. The molecule has 0 aliphatic rings. The molecule has 1 heteroatoms. The molecule has 0 bridgehead atoms. The Morgan fingerprint density at radius 1 is 0.137 bits per heavy atom. The number of hydrogen-bond donors (Lipinski definition) is 0. The van der Waals surface area contributed by atoms with E-state index in [0.717, 1.165) is 164 Å². The molecule has 27 aromatic rings. The van der Waals surface area contributed by atoms with E-state index in [2.05, 4.69) is 109 Å². The van der Waals surface area contributed by atoms with Crippen LogP contribution in [0.1, 0.15) is 27.4 Å². The van der Waals surface area contributed by atoms with Crippen molar-refractivity contribution < 1.29 is 31.8 Å². The second kappa shape index (κ2) is 32.1. The molecule has 1 aromatic heterocycles. The zero-order valence-electron chi connectivity index (χ0n) is 90.2. The van der Waals surface area contributed by atoms with Crippen molar-refractivity contribution >= 4 is 162 Å². The molecule has 0 N–H and O–H groups in total. The van der Waals surface area contributed by atoms with Crippen LogP contribution < -0.4 is 0 Å². The summed E-state index contributed by atoms with van der Waals surface area (Å²) in [5, 5.41) is 20.9. The fraction of sp³-hybridized carbons (Fsp3) is 0. The molecule has 0 fully saturated rings. The van der Waals surface area contributed by atoms with E-state index in [9.17, 15) is 8.22 Å². The number of benzene rings is 26. The number of para-hydroxylation sites is 1. The van der Waals surface area contributed by atoms with Gasteiger partial charge in [0, 0.05) is 10.8 Å². The lowest BCUT2D eigenvalue weighted by Gasteiger charge is -2.21. The number of furan rings is 1. The molecule has 0 saturated carbocycles. The third-order valence-electron chi connectivity index (χ3n) is 25.9. The highest BCUT2D eigenvalue weighted by molar-refractivity contribution is 6.29. The van der Waals surface area contributed by atoms with Crippen molar-refractivity contribution in [1.82, 2.24) is 0 Å². The van der Waals surface area contributed by atoms with E-state index in [1.54, 1.807) is 0 Å². The van der Waals surface area contributed by atoms with Gasteiger partial charge < -0.3 is 4.42 Å². The third-order valence-corrected chi connectivity index (χ3v) is 25.9. The van der Waals surface area contributed by atoms with Gasteiger partial charge in [-0.2, -0.15) is 0 Å². The average Bonchev–Trinajstić information content (AvgIpc) is 1.16. The van der Waals surface area contributed by atoms with Crippen LogP contribution in [0.5, 0.6) is 0 Å². The van der Waals surface area contributed by atoms with Crippen molar-refractivity contribution in [3.8, 4) is 100 Å². The summed E-state index contributed by atoms with van der Waals surface area (Å²) in [6.45, 7) is 0. The molecular formula is C130H82O. The summed E-state index contributed by atoms with van der Waals surface area (Å²) >= 11 is 0. The van der Waals surface area contributed by atoms with Gasteiger partial charge in [0.05, 0.1) is 27.4 Å². The van der Waals surface area contributed by atoms with Crippen LogP contribution in [0.25, 0.3) is 262 Å². The minimum Gasteiger partial charge on any atom is -0.456 e. The summed E-state index contributed by atoms with van der Waals surface area (Å²) in [6, 6.07) is 118. The quantitative estimate of drug-likeness (QED) is 0.104. The minimum atomic E-state index is -0.422. The first-order valence-electron chi connectivity index (χ1n) is 53.7. The molecule has 1 heterocycles. The summed E-state index contributed by atoms with van der Waals surface area (Å²) < 4.78 is 187. The SMILES string of the molecule is [2H]c1c([2H])c([2H])c2c(-c3cc4ccccc4c4ccccc34)c3ccc(-c4cccc5oc6ccccc6c45)cc3c(-c3cccc4ccccc34)c2c1[2H].[2H]c1c([2H])c([2H])c2c(-c3ccc4ccccc4c3)c3c([2H])c([2H])c([2H])c([2H])c3c(-c3ccc4ccccc4c3)c2c1[2H].[2H]c1c([2H])c([2H])c2c(-c3cccc(-c4cccc5ccccc45)c3)c3c([2H])c([2H])c([2H])c([2H])c3c(-c3cccc(-c4cccc5ccccc45)c3)c2c1[2H]. The van der Waals surface area contributed by atoms with E-state index in [-0.39, 0.29) is 116 Å². The van der Waals surface area contributed by atoms with E-state index in [1.165, 1.54) is 0 Å². The molecule has 131 heavy (non-hydrogen) atoms. The Kier molecular flexibility index (Phi) is 14.3. The Hall–Kier alpha value is -17.1. The van der Waals surface area contributed by atoms with Crippen LogP contribution in [0.3, 0.4) is 0 Å². The van der Waals surface area contributed by atoms with E-state index >= 15 is 0 Å². The maximum atomic E-state index is 9.64. The Balaban J connectivity index is 0.000000118. The van der Waals surface area contributed by atoms with Gasteiger partial charge in [-0.1, -0.05) is 448 Å². The molecule has 0 saturated heterocycles. The van der Waals surface area contributed by atoms with Crippen molar-refractivity contribution in [2.24, 2.45) is 0 Å². The van der Waals surface area contributed by atoms with Crippen LogP contribution in [-0.4, -0.2) is 0 Å². The zero-order valence-corrected chi connectivity index (χ0v) is 70.2. The topological polar surface area (TPSA) is 13.1 Å². The highest BCUT2D eigenvalue weighted by Crippen LogP contribution is 2.52. The molecule has 26 aromatic carbocycles. The first-order chi connectivity index (χ1) is 73.3. The van der Waals surface area contributed by atoms with Gasteiger partial charge in [0.15, 0.2) is 0 Å². The molecule has 0 atom stereocenters. The Morgan fingerprint density at radius 2 is 0.443 bits per heavy atom. The summed E-state index contributed by atoms with van der Waals surface area (Å²) in [6.07, 6.45) is 0. The van der Waals surface area contributed by atoms with E-state index < -0.39 is 48.3 Å². The van der Waals surface area contributed by atoms with Crippen LogP contribution in [0.15, 0.2) is 501 Å². The normalized spacial score (nSPS) is 13.8. The van der Waals surface area contributed by atoms with E-state index in [4.69, 9.17) is 23.6 Å². The lowest BCUT2D eigenvalue weighted by Crippen LogP contribution is -1.93. The van der Waals surface area contributed by atoms with Gasteiger partial charge in [-0.15, -0.1) is 0 Å². The third kappa shape index (κ3) is 13.2. The first-order valence-corrected chi connectivity index (χ1v) is 43.7. The fourth-order valence-electron chi connectivity index (χ4n) is 20.1. The Labute approximate surface area is 786 Å². The summed E-state index contributed by atoms with van der Waals surface area (Å²) in [5.74, 6) is 0. The largest absolute Gasteiger partial charge is 0.456 e. The predicted molar refractivity (Wildman–Crippen MR) is 563 cm³/mol. The molecule has 0 unspecified atom stereocenters. The lowest BCUT2D eigenvalue weighted by atomic mass is 9.82. The molecule has 0 aliphatic carbocycles. The highest BCUT2D eigenvalue weighted by Gasteiger charge is 2.25. The van der Waals surface area contributed by atoms with Crippen molar-refractivity contribution in [1.29, 1.82) is 0 Å². The Morgan fingerprint density at radius 3 is 0.916 bits per heavy atom. The van der Waals surface area contributed by atoms with Crippen molar-refractivity contribution in [2.75, 3.05) is 0 Å². The molecule has 0 amide bonds. The summed E-state index contributed by atoms with van der Waals surface area (Å²) in [7, 11) is 0. The highest BCUT2D eigenvalue weighted by atomic mass is 16.3. The van der Waals surface area contributed by atoms with Crippen molar-refractivity contribution in [3.05, 3.63) is 497 Å². The van der Waals surface area contributed by atoms with Crippen LogP contribution in [0, 0.1) is 0 Å². The van der Waals surface area contributed by atoms with Crippen molar-refractivity contribution in [2.45, 2.75) is 0 Å². The molecular weight excluding hydrogens is 1580 g/mol. The second-order valence-corrected chi connectivity index (χ2v) is 33.1. The maximum absolute atomic E-state index is 9.64. The van der Waals surface area contributed by atoms with E-state index in [1.807, 2.05) is 267 Å². The van der Waals surface area contributed by atoms with Gasteiger partial charge in [-0.3, -0.25) is 0 Å². The van der Waals surface area contributed by atoms with Gasteiger partial charge in [-0.05, 0) is 289 Å². The van der Waals surface area contributed by atoms with Crippen LogP contribution in [-0.2, 0) is 0 Å². The van der Waals surface area contributed by atoms with Crippen molar-refractivity contribution in [3.63, 3.8) is 0 Å². The van der Waals surface area contributed by atoms with Crippen LogP contribution in [0.2, 0.25) is 0 Å². The fourth-order valence-corrected chi connectivity index (χ4v) is 20.1.